The summed E-state index contributed by atoms with van der Waals surface area (Å²) in [5, 5.41) is 12.8. The van der Waals surface area contributed by atoms with Crippen molar-refractivity contribution in [3.63, 3.8) is 0 Å². The van der Waals surface area contributed by atoms with Crippen LogP contribution in [-0.4, -0.2) is 47.3 Å². The minimum Gasteiger partial charge on any atom is -0.395 e. The zero-order chi connectivity index (χ0) is 10.2. The minimum absolute atomic E-state index is 0.282. The second kappa shape index (κ2) is 7.85. The maximum atomic E-state index is 9.21. The number of aliphatic hydroxyl groups excluding tert-OH is 1. The van der Waals surface area contributed by atoms with Gasteiger partial charge in [-0.15, -0.1) is 0 Å². The highest BCUT2D eigenvalue weighted by Crippen LogP contribution is 2.17. The van der Waals surface area contributed by atoms with Crippen molar-refractivity contribution in [3.05, 3.63) is 0 Å². The van der Waals surface area contributed by atoms with E-state index in [1.807, 2.05) is 23.5 Å². The van der Waals surface area contributed by atoms with Gasteiger partial charge in [-0.05, 0) is 42.8 Å². The summed E-state index contributed by atoms with van der Waals surface area (Å²) in [6, 6.07) is 0.964. The van der Waals surface area contributed by atoms with Gasteiger partial charge in [0.15, 0.2) is 0 Å². The lowest BCUT2D eigenvalue weighted by Gasteiger charge is -2.27. The fourth-order valence-electron chi connectivity index (χ4n) is 1.69. The van der Waals surface area contributed by atoms with Crippen LogP contribution in [0, 0.1) is 0 Å². The summed E-state index contributed by atoms with van der Waals surface area (Å²) in [4.78, 5) is 0. The normalized spacial score (nSPS) is 21.0. The molecule has 0 radical (unpaired) electrons. The first-order valence-corrected chi connectivity index (χ1v) is 7.85. The van der Waals surface area contributed by atoms with Crippen molar-refractivity contribution in [1.29, 1.82) is 0 Å². The maximum Gasteiger partial charge on any atom is 0.0585 e. The smallest absolute Gasteiger partial charge is 0.0585 e. The van der Waals surface area contributed by atoms with Crippen LogP contribution in [0.15, 0.2) is 0 Å². The van der Waals surface area contributed by atoms with Gasteiger partial charge in [-0.25, -0.2) is 0 Å². The van der Waals surface area contributed by atoms with Crippen molar-refractivity contribution < 1.29 is 5.11 Å². The average molecular weight is 235 g/mol. The maximum absolute atomic E-state index is 9.21. The molecule has 0 amide bonds. The Kier molecular flexibility index (Phi) is 7.12. The molecule has 1 fully saturated rings. The average Bonchev–Trinajstić information content (AvgIpc) is 2.25. The molecule has 1 aliphatic heterocycles. The van der Waals surface area contributed by atoms with Crippen molar-refractivity contribution in [1.82, 2.24) is 5.32 Å². The largest absolute Gasteiger partial charge is 0.395 e. The first-order chi connectivity index (χ1) is 6.86. The molecule has 1 unspecified atom stereocenters. The van der Waals surface area contributed by atoms with Crippen LogP contribution >= 0.6 is 23.5 Å². The van der Waals surface area contributed by atoms with Gasteiger partial charge in [0.05, 0.1) is 6.61 Å². The Bertz CT molecular complexity index is 140. The van der Waals surface area contributed by atoms with E-state index in [0.29, 0.717) is 12.1 Å². The van der Waals surface area contributed by atoms with Crippen LogP contribution in [0.5, 0.6) is 0 Å². The van der Waals surface area contributed by atoms with Crippen LogP contribution in [-0.2, 0) is 0 Å². The molecule has 0 saturated carbocycles. The van der Waals surface area contributed by atoms with Gasteiger partial charge in [-0.1, -0.05) is 0 Å². The van der Waals surface area contributed by atoms with E-state index in [9.17, 15) is 5.11 Å². The van der Waals surface area contributed by atoms with Gasteiger partial charge in [-0.2, -0.15) is 23.5 Å². The molecular weight excluding hydrogens is 214 g/mol. The molecule has 1 rings (SSSR count). The topological polar surface area (TPSA) is 32.3 Å². The molecule has 0 aromatic carbocycles. The van der Waals surface area contributed by atoms with Crippen LogP contribution in [0.2, 0.25) is 0 Å². The molecule has 1 aliphatic rings. The highest BCUT2D eigenvalue weighted by Gasteiger charge is 2.17. The van der Waals surface area contributed by atoms with Crippen LogP contribution in [0.3, 0.4) is 0 Å². The molecule has 0 aromatic rings. The summed E-state index contributed by atoms with van der Waals surface area (Å²) in [6.07, 6.45) is 5.73. The molecule has 1 saturated heterocycles. The number of hydrogen-bond acceptors (Lipinski definition) is 4. The summed E-state index contributed by atoms with van der Waals surface area (Å²) in [5.41, 5.74) is 0. The lowest BCUT2D eigenvalue weighted by molar-refractivity contribution is 0.225. The fraction of sp³-hybridized carbons (Fsp3) is 1.00. The Hall–Kier alpha value is 0.620. The molecule has 2 nitrogen and oxygen atoms in total. The van der Waals surface area contributed by atoms with E-state index in [2.05, 4.69) is 11.6 Å². The Morgan fingerprint density at radius 3 is 2.79 bits per heavy atom. The van der Waals surface area contributed by atoms with E-state index < -0.39 is 0 Å². The Morgan fingerprint density at radius 1 is 1.50 bits per heavy atom. The fourth-order valence-corrected chi connectivity index (χ4v) is 3.31. The van der Waals surface area contributed by atoms with Gasteiger partial charge >= 0.3 is 0 Å². The molecule has 0 aliphatic carbocycles. The van der Waals surface area contributed by atoms with Gasteiger partial charge < -0.3 is 10.4 Å². The predicted molar refractivity (Wildman–Crippen MR) is 67.4 cm³/mol. The molecule has 14 heavy (non-hydrogen) atoms. The van der Waals surface area contributed by atoms with Gasteiger partial charge in [0, 0.05) is 12.1 Å². The monoisotopic (exact) mass is 235 g/mol. The first kappa shape index (κ1) is 12.7. The summed E-state index contributed by atoms with van der Waals surface area (Å²) in [6.45, 7) is 0.282. The van der Waals surface area contributed by atoms with Crippen molar-refractivity contribution in [3.8, 4) is 0 Å². The number of aliphatic hydroxyl groups is 1. The highest BCUT2D eigenvalue weighted by atomic mass is 32.2. The van der Waals surface area contributed by atoms with E-state index in [-0.39, 0.29) is 6.61 Å². The molecule has 1 heterocycles. The Labute approximate surface area is 95.6 Å². The molecule has 1 atom stereocenters. The van der Waals surface area contributed by atoms with Crippen molar-refractivity contribution in [2.24, 2.45) is 0 Å². The standard InChI is InChI=1S/C10H21NOS2/c1-13-5-2-10(8-12)11-9-3-6-14-7-4-9/h9-12H,2-8H2,1H3. The SMILES string of the molecule is CSCCC(CO)NC1CCSCC1. The number of hydrogen-bond donors (Lipinski definition) is 2. The lowest BCUT2D eigenvalue weighted by atomic mass is 10.1. The summed E-state index contributed by atoms with van der Waals surface area (Å²) >= 11 is 3.90. The van der Waals surface area contributed by atoms with Crippen molar-refractivity contribution >= 4 is 23.5 Å². The molecule has 84 valence electrons. The third-order valence-electron chi connectivity index (χ3n) is 2.58. The zero-order valence-electron chi connectivity index (χ0n) is 8.87. The molecule has 2 N–H and O–H groups in total. The summed E-state index contributed by atoms with van der Waals surface area (Å²) in [5.74, 6) is 3.69. The van der Waals surface area contributed by atoms with Gasteiger partial charge in [0.1, 0.15) is 0 Å². The Balaban J connectivity index is 2.16. The van der Waals surface area contributed by atoms with E-state index in [1.54, 1.807) is 0 Å². The molecule has 0 aromatic heterocycles. The number of nitrogens with one attached hydrogen (secondary N) is 1. The molecular formula is C10H21NOS2. The summed E-state index contributed by atoms with van der Waals surface area (Å²) in [7, 11) is 0. The predicted octanol–water partition coefficient (Wildman–Crippen LogP) is 1.59. The van der Waals surface area contributed by atoms with Crippen molar-refractivity contribution in [2.45, 2.75) is 31.3 Å². The van der Waals surface area contributed by atoms with Crippen LogP contribution < -0.4 is 5.32 Å². The number of thioether (sulfide) groups is 2. The van der Waals surface area contributed by atoms with E-state index in [4.69, 9.17) is 0 Å². The van der Waals surface area contributed by atoms with Crippen LogP contribution in [0.4, 0.5) is 0 Å². The lowest BCUT2D eigenvalue weighted by Crippen LogP contribution is -2.42. The molecule has 0 spiro atoms. The second-order valence-corrected chi connectivity index (χ2v) is 5.92. The van der Waals surface area contributed by atoms with Gasteiger partial charge in [-0.3, -0.25) is 0 Å². The van der Waals surface area contributed by atoms with Gasteiger partial charge in [0.25, 0.3) is 0 Å². The van der Waals surface area contributed by atoms with E-state index in [0.717, 1.165) is 12.2 Å². The molecule has 0 bridgehead atoms. The second-order valence-electron chi connectivity index (χ2n) is 3.71. The zero-order valence-corrected chi connectivity index (χ0v) is 10.5. The van der Waals surface area contributed by atoms with Crippen molar-refractivity contribution in [2.75, 3.05) is 30.1 Å². The molecule has 4 heteroatoms. The van der Waals surface area contributed by atoms with Gasteiger partial charge in [0.2, 0.25) is 0 Å². The third kappa shape index (κ3) is 4.91. The van der Waals surface area contributed by atoms with Crippen LogP contribution in [0.1, 0.15) is 19.3 Å². The quantitative estimate of drug-likeness (QED) is 0.732. The summed E-state index contributed by atoms with van der Waals surface area (Å²) < 4.78 is 0. The third-order valence-corrected chi connectivity index (χ3v) is 4.28. The first-order valence-electron chi connectivity index (χ1n) is 5.30. The van der Waals surface area contributed by atoms with Crippen LogP contribution in [0.25, 0.3) is 0 Å². The van der Waals surface area contributed by atoms with E-state index in [1.165, 1.54) is 24.3 Å². The number of rotatable bonds is 6. The highest BCUT2D eigenvalue weighted by molar-refractivity contribution is 7.99. The van der Waals surface area contributed by atoms with E-state index >= 15 is 0 Å². The minimum atomic E-state index is 0.282. The Morgan fingerprint density at radius 2 is 2.21 bits per heavy atom.